The lowest BCUT2D eigenvalue weighted by Crippen LogP contribution is -2.42. The predicted molar refractivity (Wildman–Crippen MR) is 111 cm³/mol. The largest absolute Gasteiger partial charge is 0.335 e. The molecule has 29 heavy (non-hydrogen) atoms. The van der Waals surface area contributed by atoms with Crippen LogP contribution in [0, 0.1) is 31.0 Å². The summed E-state index contributed by atoms with van der Waals surface area (Å²) in [7, 11) is 0. The van der Waals surface area contributed by atoms with Gasteiger partial charge in [0.25, 0.3) is 0 Å². The van der Waals surface area contributed by atoms with Crippen LogP contribution in [0.2, 0.25) is 0 Å². The van der Waals surface area contributed by atoms with Crippen LogP contribution in [0.4, 0.5) is 4.39 Å². The normalized spacial score (nSPS) is 14.4. The number of hydrogen-bond acceptors (Lipinski definition) is 5. The first-order valence-corrected chi connectivity index (χ1v) is 10.9. The van der Waals surface area contributed by atoms with Gasteiger partial charge >= 0.3 is 0 Å². The Kier molecular flexibility index (Phi) is 7.21. The minimum atomic E-state index is -0.279. The second-order valence-corrected chi connectivity index (χ2v) is 8.34. The van der Waals surface area contributed by atoms with Crippen LogP contribution in [0.5, 0.6) is 0 Å². The number of hydrogen-bond donors (Lipinski definition) is 0. The van der Waals surface area contributed by atoms with Gasteiger partial charge in [-0.3, -0.25) is 4.79 Å². The molecule has 1 aliphatic carbocycles. The van der Waals surface area contributed by atoms with Crippen molar-refractivity contribution in [2.75, 3.05) is 5.75 Å². The summed E-state index contributed by atoms with van der Waals surface area (Å²) in [5.74, 6) is 0.539. The van der Waals surface area contributed by atoms with Crippen molar-refractivity contribution >= 4 is 17.7 Å². The second-order valence-electron chi connectivity index (χ2n) is 7.38. The van der Waals surface area contributed by atoms with Gasteiger partial charge in [0, 0.05) is 12.6 Å². The summed E-state index contributed by atoms with van der Waals surface area (Å²) < 4.78 is 13.3. The smallest absolute Gasteiger partial charge is 0.233 e. The summed E-state index contributed by atoms with van der Waals surface area (Å²) in [5.41, 5.74) is 1.98. The summed E-state index contributed by atoms with van der Waals surface area (Å²) in [4.78, 5) is 23.7. The van der Waals surface area contributed by atoms with Crippen LogP contribution >= 0.6 is 11.8 Å². The number of amides is 1. The van der Waals surface area contributed by atoms with Gasteiger partial charge < -0.3 is 4.90 Å². The van der Waals surface area contributed by atoms with Crippen LogP contribution in [0.25, 0.3) is 0 Å². The van der Waals surface area contributed by atoms with Crippen LogP contribution in [-0.4, -0.2) is 32.6 Å². The first-order valence-electron chi connectivity index (χ1n) is 9.90. The molecule has 1 heterocycles. The molecule has 1 saturated carbocycles. The first-order chi connectivity index (χ1) is 14.0. The minimum Gasteiger partial charge on any atom is -0.335 e. The van der Waals surface area contributed by atoms with Gasteiger partial charge in [-0.25, -0.2) is 14.4 Å². The van der Waals surface area contributed by atoms with Gasteiger partial charge in [0.15, 0.2) is 0 Å². The van der Waals surface area contributed by atoms with E-state index in [4.69, 9.17) is 0 Å². The number of thioether (sulfide) groups is 1. The summed E-state index contributed by atoms with van der Waals surface area (Å²) in [6.07, 6.45) is 5.43. The van der Waals surface area contributed by atoms with E-state index in [1.54, 1.807) is 26.0 Å². The number of rotatable bonds is 6. The van der Waals surface area contributed by atoms with Crippen LogP contribution in [0.3, 0.4) is 0 Å². The molecule has 0 bridgehead atoms. The fraction of sp³-hybridized carbons (Fsp3) is 0.455. The second kappa shape index (κ2) is 9.84. The number of halogens is 1. The molecular formula is C22H25FN4OS. The molecule has 1 amide bonds. The number of nitrogens with zero attached hydrogens (tertiary/aromatic N) is 4. The van der Waals surface area contributed by atoms with Crippen LogP contribution in [0.15, 0.2) is 29.3 Å². The topological polar surface area (TPSA) is 69.9 Å². The van der Waals surface area contributed by atoms with E-state index >= 15 is 0 Å². The average molecular weight is 413 g/mol. The zero-order chi connectivity index (χ0) is 20.8. The lowest BCUT2D eigenvalue weighted by molar-refractivity contribution is -0.132. The highest BCUT2D eigenvalue weighted by Gasteiger charge is 2.26. The zero-order valence-corrected chi connectivity index (χ0v) is 17.6. The Morgan fingerprint density at radius 1 is 1.21 bits per heavy atom. The number of aromatic nitrogens is 2. The molecule has 152 valence electrons. The molecule has 7 heteroatoms. The Morgan fingerprint density at radius 3 is 2.55 bits per heavy atom. The fourth-order valence-corrected chi connectivity index (χ4v) is 4.69. The summed E-state index contributed by atoms with van der Waals surface area (Å²) in [5, 5.41) is 9.97. The number of aryl methyl sites for hydroxylation is 2. The van der Waals surface area contributed by atoms with Gasteiger partial charge in [-0.2, -0.15) is 5.26 Å². The third kappa shape index (κ3) is 5.54. The van der Waals surface area contributed by atoms with Gasteiger partial charge in [0.05, 0.1) is 11.4 Å². The molecule has 0 aliphatic heterocycles. The number of benzene rings is 1. The number of carbonyl (C=O) groups excluding carboxylic acids is 1. The van der Waals surface area contributed by atoms with E-state index in [0.717, 1.165) is 31.2 Å². The van der Waals surface area contributed by atoms with Gasteiger partial charge in [0.1, 0.15) is 28.3 Å². The van der Waals surface area contributed by atoms with Crippen LogP contribution in [-0.2, 0) is 11.3 Å². The van der Waals surface area contributed by atoms with E-state index in [-0.39, 0.29) is 23.5 Å². The van der Waals surface area contributed by atoms with E-state index < -0.39 is 0 Å². The Morgan fingerprint density at radius 2 is 1.90 bits per heavy atom. The molecule has 0 unspecified atom stereocenters. The van der Waals surface area contributed by atoms with Crippen molar-refractivity contribution in [2.45, 2.75) is 63.6 Å². The zero-order valence-electron chi connectivity index (χ0n) is 16.8. The molecule has 0 spiro atoms. The molecule has 1 aromatic carbocycles. The van der Waals surface area contributed by atoms with Crippen molar-refractivity contribution in [1.82, 2.24) is 14.9 Å². The minimum absolute atomic E-state index is 0.0176. The van der Waals surface area contributed by atoms with Crippen LogP contribution in [0.1, 0.15) is 54.7 Å². The molecule has 0 saturated heterocycles. The Bertz CT molecular complexity index is 904. The van der Waals surface area contributed by atoms with E-state index in [1.165, 1.54) is 30.3 Å². The standard InChI is InChI=1S/C22H25FN4OS/c1-15-20(12-24)22(26-16(2)25-15)29-14-21(28)27(19-6-4-3-5-7-19)13-17-8-10-18(23)11-9-17/h8-11,19H,3-7,13-14H2,1-2H3. The number of nitriles is 1. The van der Waals surface area contributed by atoms with E-state index in [2.05, 4.69) is 16.0 Å². The molecule has 0 radical (unpaired) electrons. The SMILES string of the molecule is Cc1nc(C)c(C#N)c(SCC(=O)N(Cc2ccc(F)cc2)C2CCCCC2)n1. The van der Waals surface area contributed by atoms with Crippen molar-refractivity contribution < 1.29 is 9.18 Å². The first kappa shape index (κ1) is 21.3. The van der Waals surface area contributed by atoms with Gasteiger partial charge in [0.2, 0.25) is 5.91 Å². The highest BCUT2D eigenvalue weighted by atomic mass is 32.2. The third-order valence-electron chi connectivity index (χ3n) is 5.21. The monoisotopic (exact) mass is 412 g/mol. The average Bonchev–Trinajstić information content (AvgIpc) is 2.72. The molecular weight excluding hydrogens is 387 g/mol. The Balaban J connectivity index is 1.76. The van der Waals surface area contributed by atoms with E-state index in [1.807, 2.05) is 4.90 Å². The highest BCUT2D eigenvalue weighted by Crippen LogP contribution is 2.27. The number of carbonyl (C=O) groups is 1. The summed E-state index contributed by atoms with van der Waals surface area (Å²) in [6.45, 7) is 4.03. The van der Waals surface area contributed by atoms with Crippen LogP contribution < -0.4 is 0 Å². The maximum Gasteiger partial charge on any atom is 0.233 e. The molecule has 2 aromatic rings. The maximum atomic E-state index is 13.3. The van der Waals surface area contributed by atoms with Crippen molar-refractivity contribution in [1.29, 1.82) is 5.26 Å². The molecule has 0 atom stereocenters. The molecule has 3 rings (SSSR count). The van der Waals surface area contributed by atoms with Crippen molar-refractivity contribution in [2.24, 2.45) is 0 Å². The van der Waals surface area contributed by atoms with E-state index in [0.29, 0.717) is 28.7 Å². The lowest BCUT2D eigenvalue weighted by Gasteiger charge is -2.34. The lowest BCUT2D eigenvalue weighted by atomic mass is 9.94. The van der Waals surface area contributed by atoms with Crippen molar-refractivity contribution in [3.05, 3.63) is 52.7 Å². The Hall–Kier alpha value is -2.46. The van der Waals surface area contributed by atoms with Crippen molar-refractivity contribution in [3.63, 3.8) is 0 Å². The van der Waals surface area contributed by atoms with Gasteiger partial charge in [-0.15, -0.1) is 0 Å². The maximum absolute atomic E-state index is 13.3. The summed E-state index contributed by atoms with van der Waals surface area (Å²) in [6, 6.07) is 8.67. The molecule has 1 aromatic heterocycles. The molecule has 1 aliphatic rings. The Labute approximate surface area is 175 Å². The summed E-state index contributed by atoms with van der Waals surface area (Å²) >= 11 is 1.29. The quantitative estimate of drug-likeness (QED) is 0.514. The van der Waals surface area contributed by atoms with Gasteiger partial charge in [-0.1, -0.05) is 43.2 Å². The molecule has 5 nitrogen and oxygen atoms in total. The van der Waals surface area contributed by atoms with E-state index in [9.17, 15) is 14.4 Å². The fourth-order valence-electron chi connectivity index (χ4n) is 3.73. The van der Waals surface area contributed by atoms with Crippen molar-refractivity contribution in [3.8, 4) is 6.07 Å². The molecule has 0 N–H and O–H groups in total. The molecule has 1 fully saturated rings. The third-order valence-corrected chi connectivity index (χ3v) is 6.17. The highest BCUT2D eigenvalue weighted by molar-refractivity contribution is 8.00. The predicted octanol–water partition coefficient (Wildman–Crippen LogP) is 4.56. The van der Waals surface area contributed by atoms with Gasteiger partial charge in [-0.05, 0) is 44.4 Å².